The van der Waals surface area contributed by atoms with Gasteiger partial charge in [0.2, 0.25) is 0 Å². The SMILES string of the molecule is CN1[C@@H]2CC[C@H]1C[C@@]1(C2)OC(=O)c2ccccc21. The molecule has 4 rings (SSSR count). The van der Waals surface area contributed by atoms with Crippen molar-refractivity contribution >= 4 is 5.97 Å². The lowest BCUT2D eigenvalue weighted by atomic mass is 9.80. The molecule has 0 radical (unpaired) electrons. The molecule has 3 aliphatic heterocycles. The molecule has 3 aliphatic rings. The summed E-state index contributed by atoms with van der Waals surface area (Å²) >= 11 is 0. The first-order chi connectivity index (χ1) is 8.70. The molecule has 0 saturated carbocycles. The number of carbonyl (C=O) groups excluding carboxylic acids is 1. The summed E-state index contributed by atoms with van der Waals surface area (Å²) in [7, 11) is 2.21. The lowest BCUT2D eigenvalue weighted by molar-refractivity contribution is -0.0594. The maximum absolute atomic E-state index is 12.0. The van der Waals surface area contributed by atoms with Gasteiger partial charge in [0.15, 0.2) is 0 Å². The molecule has 94 valence electrons. The van der Waals surface area contributed by atoms with Crippen molar-refractivity contribution in [3.8, 4) is 0 Å². The first-order valence-corrected chi connectivity index (χ1v) is 6.74. The normalized spacial score (nSPS) is 37.9. The third-order valence-corrected chi connectivity index (χ3v) is 5.04. The Kier molecular flexibility index (Phi) is 1.97. The highest BCUT2D eigenvalue weighted by molar-refractivity contribution is 5.94. The van der Waals surface area contributed by atoms with Gasteiger partial charge in [-0.25, -0.2) is 4.79 Å². The number of benzene rings is 1. The van der Waals surface area contributed by atoms with Gasteiger partial charge < -0.3 is 9.64 Å². The summed E-state index contributed by atoms with van der Waals surface area (Å²) in [5, 5.41) is 0. The van der Waals surface area contributed by atoms with E-state index >= 15 is 0 Å². The Labute approximate surface area is 107 Å². The van der Waals surface area contributed by atoms with E-state index in [-0.39, 0.29) is 11.6 Å². The first-order valence-electron chi connectivity index (χ1n) is 6.74. The molecule has 1 aromatic carbocycles. The van der Waals surface area contributed by atoms with E-state index < -0.39 is 0 Å². The van der Waals surface area contributed by atoms with Crippen molar-refractivity contribution in [1.29, 1.82) is 0 Å². The van der Waals surface area contributed by atoms with E-state index in [9.17, 15) is 4.79 Å². The van der Waals surface area contributed by atoms with Crippen LogP contribution in [0, 0.1) is 0 Å². The third-order valence-electron chi connectivity index (χ3n) is 5.04. The molecule has 2 bridgehead atoms. The first kappa shape index (κ1) is 10.6. The van der Waals surface area contributed by atoms with Gasteiger partial charge in [0.1, 0.15) is 5.60 Å². The Morgan fingerprint density at radius 2 is 1.89 bits per heavy atom. The van der Waals surface area contributed by atoms with Crippen molar-refractivity contribution in [2.75, 3.05) is 7.05 Å². The van der Waals surface area contributed by atoms with Crippen molar-refractivity contribution in [3.63, 3.8) is 0 Å². The van der Waals surface area contributed by atoms with Crippen LogP contribution in [0.2, 0.25) is 0 Å². The summed E-state index contributed by atoms with van der Waals surface area (Å²) in [6.07, 6.45) is 4.40. The van der Waals surface area contributed by atoms with Crippen LogP contribution >= 0.6 is 0 Å². The summed E-state index contributed by atoms with van der Waals surface area (Å²) in [6, 6.07) is 9.05. The van der Waals surface area contributed by atoms with Gasteiger partial charge in [-0.05, 0) is 26.0 Å². The van der Waals surface area contributed by atoms with E-state index in [2.05, 4.69) is 18.0 Å². The fraction of sp³-hybridized carbons (Fsp3) is 0.533. The predicted molar refractivity (Wildman–Crippen MR) is 67.3 cm³/mol. The molecular formula is C15H17NO2. The quantitative estimate of drug-likeness (QED) is 0.655. The predicted octanol–water partition coefficient (Wildman–Crippen LogP) is 2.31. The number of carbonyl (C=O) groups is 1. The molecule has 1 spiro atoms. The van der Waals surface area contributed by atoms with Crippen LogP contribution in [0.1, 0.15) is 41.6 Å². The molecule has 1 aromatic rings. The van der Waals surface area contributed by atoms with Crippen molar-refractivity contribution in [1.82, 2.24) is 4.90 Å². The molecule has 3 heteroatoms. The highest BCUT2D eigenvalue weighted by Crippen LogP contribution is 2.51. The second-order valence-corrected chi connectivity index (χ2v) is 5.89. The summed E-state index contributed by atoms with van der Waals surface area (Å²) in [5.41, 5.74) is 1.58. The van der Waals surface area contributed by atoms with Gasteiger partial charge in [-0.1, -0.05) is 18.2 Å². The molecule has 0 unspecified atom stereocenters. The molecular weight excluding hydrogens is 226 g/mol. The maximum atomic E-state index is 12.0. The van der Waals surface area contributed by atoms with Gasteiger partial charge in [-0.15, -0.1) is 0 Å². The Hall–Kier alpha value is -1.35. The monoisotopic (exact) mass is 243 g/mol. The van der Waals surface area contributed by atoms with Gasteiger partial charge in [0, 0.05) is 30.5 Å². The lowest BCUT2D eigenvalue weighted by Crippen LogP contribution is -2.47. The topological polar surface area (TPSA) is 29.5 Å². The molecule has 2 fully saturated rings. The average Bonchev–Trinajstić information content (AvgIpc) is 2.75. The summed E-state index contributed by atoms with van der Waals surface area (Å²) in [6.45, 7) is 0. The number of esters is 1. The molecule has 0 aromatic heterocycles. The second kappa shape index (κ2) is 3.35. The van der Waals surface area contributed by atoms with E-state index in [1.807, 2.05) is 18.2 Å². The maximum Gasteiger partial charge on any atom is 0.339 e. The number of rotatable bonds is 0. The van der Waals surface area contributed by atoms with Crippen LogP contribution in [-0.2, 0) is 10.3 Å². The van der Waals surface area contributed by atoms with Crippen molar-refractivity contribution in [2.24, 2.45) is 0 Å². The van der Waals surface area contributed by atoms with E-state index in [1.54, 1.807) is 0 Å². The molecule has 3 nitrogen and oxygen atoms in total. The highest BCUT2D eigenvalue weighted by Gasteiger charge is 2.54. The second-order valence-electron chi connectivity index (χ2n) is 5.89. The zero-order valence-electron chi connectivity index (χ0n) is 10.6. The molecule has 3 atom stereocenters. The standard InChI is InChI=1S/C15H17NO2/c1-16-10-6-7-11(16)9-15(8-10)13-5-3-2-4-12(13)14(17)18-15/h2-5,10-11H,6-9H2,1H3/t10-,11+,15-. The van der Waals surface area contributed by atoms with E-state index in [1.165, 1.54) is 12.8 Å². The average molecular weight is 243 g/mol. The molecule has 0 aliphatic carbocycles. The fourth-order valence-electron chi connectivity index (χ4n) is 4.08. The molecule has 3 heterocycles. The minimum atomic E-state index is -0.327. The van der Waals surface area contributed by atoms with Crippen molar-refractivity contribution < 1.29 is 9.53 Å². The number of nitrogens with zero attached hydrogens (tertiary/aromatic N) is 1. The number of hydrogen-bond acceptors (Lipinski definition) is 3. The van der Waals surface area contributed by atoms with Gasteiger partial charge in [-0.2, -0.15) is 0 Å². The van der Waals surface area contributed by atoms with E-state index in [0.29, 0.717) is 12.1 Å². The minimum Gasteiger partial charge on any atom is -0.450 e. The molecule has 0 N–H and O–H groups in total. The Morgan fingerprint density at radius 1 is 1.22 bits per heavy atom. The smallest absolute Gasteiger partial charge is 0.339 e. The highest BCUT2D eigenvalue weighted by atomic mass is 16.6. The van der Waals surface area contributed by atoms with Crippen molar-refractivity contribution in [2.45, 2.75) is 43.4 Å². The number of hydrogen-bond donors (Lipinski definition) is 0. The van der Waals surface area contributed by atoms with Crippen LogP contribution in [0.25, 0.3) is 0 Å². The third kappa shape index (κ3) is 1.20. The van der Waals surface area contributed by atoms with Crippen LogP contribution in [0.15, 0.2) is 24.3 Å². The fourth-order valence-corrected chi connectivity index (χ4v) is 4.08. The lowest BCUT2D eigenvalue weighted by Gasteiger charge is -2.42. The van der Waals surface area contributed by atoms with Crippen LogP contribution in [0.4, 0.5) is 0 Å². The zero-order chi connectivity index (χ0) is 12.3. The minimum absolute atomic E-state index is 0.130. The Bertz CT molecular complexity index is 511. The molecule has 18 heavy (non-hydrogen) atoms. The van der Waals surface area contributed by atoms with Crippen LogP contribution in [-0.4, -0.2) is 30.0 Å². The van der Waals surface area contributed by atoms with Crippen LogP contribution in [0.3, 0.4) is 0 Å². The molecule has 2 saturated heterocycles. The van der Waals surface area contributed by atoms with Gasteiger partial charge in [0.05, 0.1) is 5.56 Å². The van der Waals surface area contributed by atoms with E-state index in [4.69, 9.17) is 4.74 Å². The van der Waals surface area contributed by atoms with Gasteiger partial charge in [-0.3, -0.25) is 0 Å². The Morgan fingerprint density at radius 3 is 2.61 bits per heavy atom. The van der Waals surface area contributed by atoms with Gasteiger partial charge >= 0.3 is 5.97 Å². The Balaban J connectivity index is 1.81. The van der Waals surface area contributed by atoms with E-state index in [0.717, 1.165) is 24.0 Å². The largest absolute Gasteiger partial charge is 0.450 e. The summed E-state index contributed by atoms with van der Waals surface area (Å²) in [5.74, 6) is -0.130. The number of piperidine rings is 1. The number of fused-ring (bicyclic) bond motifs is 4. The van der Waals surface area contributed by atoms with Crippen molar-refractivity contribution in [3.05, 3.63) is 35.4 Å². The van der Waals surface area contributed by atoms with Crippen LogP contribution in [0.5, 0.6) is 0 Å². The van der Waals surface area contributed by atoms with Crippen LogP contribution < -0.4 is 0 Å². The summed E-state index contributed by atoms with van der Waals surface area (Å²) < 4.78 is 5.82. The molecule has 0 amide bonds. The zero-order valence-corrected chi connectivity index (χ0v) is 10.6. The summed E-state index contributed by atoms with van der Waals surface area (Å²) in [4.78, 5) is 14.5. The van der Waals surface area contributed by atoms with Gasteiger partial charge in [0.25, 0.3) is 0 Å². The number of ether oxygens (including phenoxy) is 1.